The minimum Gasteiger partial charge on any atom is -0.349 e. The van der Waals surface area contributed by atoms with Crippen LogP contribution in [0.1, 0.15) is 41.6 Å². The van der Waals surface area contributed by atoms with E-state index < -0.39 is 0 Å². The van der Waals surface area contributed by atoms with E-state index in [2.05, 4.69) is 5.32 Å². The largest absolute Gasteiger partial charge is 0.349 e. The highest BCUT2D eigenvalue weighted by Gasteiger charge is 2.29. The Morgan fingerprint density at radius 1 is 1.24 bits per heavy atom. The fourth-order valence-electron chi connectivity index (χ4n) is 3.06. The lowest BCUT2D eigenvalue weighted by molar-refractivity contribution is -0.125. The first-order valence-electron chi connectivity index (χ1n) is 8.15. The van der Waals surface area contributed by atoms with E-state index in [0.717, 1.165) is 43.0 Å². The molecule has 3 amide bonds. The van der Waals surface area contributed by atoms with Crippen molar-refractivity contribution in [1.29, 1.82) is 0 Å². The fourth-order valence-corrected chi connectivity index (χ4v) is 3.78. The molecule has 136 valence electrons. The maximum absolute atomic E-state index is 12.4. The molecule has 1 saturated carbocycles. The van der Waals surface area contributed by atoms with Gasteiger partial charge in [0.15, 0.2) is 0 Å². The molecule has 1 aromatic carbocycles. The van der Waals surface area contributed by atoms with E-state index in [1.165, 1.54) is 4.90 Å². The molecule has 0 spiro atoms. The van der Waals surface area contributed by atoms with Gasteiger partial charge in [0, 0.05) is 17.6 Å². The molecular formula is C17H22ClN3O3S. The molecule has 0 bridgehead atoms. The van der Waals surface area contributed by atoms with Crippen LogP contribution in [0, 0.1) is 0 Å². The lowest BCUT2D eigenvalue weighted by Gasteiger charge is -2.26. The van der Waals surface area contributed by atoms with Crippen LogP contribution in [0.15, 0.2) is 24.3 Å². The standard InChI is InChI=1S/C17H21N3O3S.ClH/c18-13-4-6-14(7-5-13)19-16(22)12-3-1-2-11(8-12)9-20-15(21)10-24-17(20)23;/h1-3,8,13-14H,4-7,9-10,18H2,(H,19,22);1H. The third kappa shape index (κ3) is 4.96. The highest BCUT2D eigenvalue weighted by Crippen LogP contribution is 2.22. The van der Waals surface area contributed by atoms with Crippen molar-refractivity contribution in [2.24, 2.45) is 5.73 Å². The fraction of sp³-hybridized carbons (Fsp3) is 0.471. The normalized spacial score (nSPS) is 23.3. The van der Waals surface area contributed by atoms with Crippen molar-refractivity contribution in [2.45, 2.75) is 44.3 Å². The molecule has 8 heteroatoms. The molecule has 1 saturated heterocycles. The van der Waals surface area contributed by atoms with Gasteiger partial charge in [-0.05, 0) is 43.4 Å². The van der Waals surface area contributed by atoms with Gasteiger partial charge in [-0.15, -0.1) is 12.4 Å². The Morgan fingerprint density at radius 3 is 2.60 bits per heavy atom. The van der Waals surface area contributed by atoms with Crippen LogP contribution in [0.25, 0.3) is 0 Å². The minimum atomic E-state index is -0.228. The molecule has 0 atom stereocenters. The van der Waals surface area contributed by atoms with Crippen molar-refractivity contribution in [3.05, 3.63) is 35.4 Å². The van der Waals surface area contributed by atoms with Gasteiger partial charge >= 0.3 is 0 Å². The first-order chi connectivity index (χ1) is 11.5. The lowest BCUT2D eigenvalue weighted by Crippen LogP contribution is -2.40. The zero-order chi connectivity index (χ0) is 17.1. The van der Waals surface area contributed by atoms with Gasteiger partial charge in [-0.2, -0.15) is 0 Å². The summed E-state index contributed by atoms with van der Waals surface area (Å²) in [6.07, 6.45) is 3.67. The first-order valence-corrected chi connectivity index (χ1v) is 9.14. The summed E-state index contributed by atoms with van der Waals surface area (Å²) in [6, 6.07) is 7.50. The van der Waals surface area contributed by atoms with Gasteiger partial charge in [0.1, 0.15) is 0 Å². The van der Waals surface area contributed by atoms with Crippen LogP contribution in [0.4, 0.5) is 4.79 Å². The number of thioether (sulfide) groups is 1. The van der Waals surface area contributed by atoms with Crippen molar-refractivity contribution in [3.63, 3.8) is 0 Å². The third-order valence-corrected chi connectivity index (χ3v) is 5.34. The Morgan fingerprint density at radius 2 is 1.96 bits per heavy atom. The smallest absolute Gasteiger partial charge is 0.289 e. The first kappa shape index (κ1) is 19.8. The Labute approximate surface area is 157 Å². The van der Waals surface area contributed by atoms with E-state index in [1.54, 1.807) is 18.2 Å². The van der Waals surface area contributed by atoms with Crippen LogP contribution in [-0.2, 0) is 11.3 Å². The number of amides is 3. The molecule has 1 heterocycles. The van der Waals surface area contributed by atoms with Crippen LogP contribution in [0.3, 0.4) is 0 Å². The van der Waals surface area contributed by atoms with Gasteiger partial charge in [0.25, 0.3) is 11.1 Å². The number of benzene rings is 1. The van der Waals surface area contributed by atoms with E-state index in [4.69, 9.17) is 5.73 Å². The summed E-state index contributed by atoms with van der Waals surface area (Å²) in [7, 11) is 0. The molecule has 1 aliphatic heterocycles. The van der Waals surface area contributed by atoms with Gasteiger partial charge in [0.05, 0.1) is 12.3 Å². The van der Waals surface area contributed by atoms with Crippen molar-refractivity contribution in [3.8, 4) is 0 Å². The summed E-state index contributed by atoms with van der Waals surface area (Å²) in [5.41, 5.74) is 7.21. The van der Waals surface area contributed by atoms with Gasteiger partial charge in [-0.25, -0.2) is 0 Å². The van der Waals surface area contributed by atoms with Crippen LogP contribution in [0.5, 0.6) is 0 Å². The SMILES string of the molecule is Cl.NC1CCC(NC(=O)c2cccc(CN3C(=O)CSC3=O)c2)CC1. The molecule has 3 N–H and O–H groups in total. The Hall–Kier alpha value is -1.57. The van der Waals surface area contributed by atoms with Crippen LogP contribution < -0.4 is 11.1 Å². The number of nitrogens with zero attached hydrogens (tertiary/aromatic N) is 1. The third-order valence-electron chi connectivity index (χ3n) is 4.48. The molecule has 0 unspecified atom stereocenters. The predicted molar refractivity (Wildman–Crippen MR) is 99.8 cm³/mol. The zero-order valence-corrected chi connectivity index (χ0v) is 15.4. The number of rotatable bonds is 4. The molecule has 0 aromatic heterocycles. The summed E-state index contributed by atoms with van der Waals surface area (Å²) in [5.74, 6) is -0.104. The van der Waals surface area contributed by atoms with E-state index in [-0.39, 0.29) is 53.8 Å². The quantitative estimate of drug-likeness (QED) is 0.832. The van der Waals surface area contributed by atoms with Gasteiger partial charge in [-0.1, -0.05) is 23.9 Å². The second-order valence-electron chi connectivity index (χ2n) is 6.32. The average Bonchev–Trinajstić information content (AvgIpc) is 2.89. The van der Waals surface area contributed by atoms with Crippen LogP contribution >= 0.6 is 24.2 Å². The minimum absolute atomic E-state index is 0. The molecule has 0 radical (unpaired) electrons. The van der Waals surface area contributed by atoms with Crippen molar-refractivity contribution in [1.82, 2.24) is 10.2 Å². The molecule has 3 rings (SSSR count). The van der Waals surface area contributed by atoms with Gasteiger partial charge in [0.2, 0.25) is 5.91 Å². The molecule has 1 aliphatic carbocycles. The highest BCUT2D eigenvalue weighted by molar-refractivity contribution is 8.14. The number of halogens is 1. The molecule has 25 heavy (non-hydrogen) atoms. The maximum Gasteiger partial charge on any atom is 0.289 e. The second-order valence-corrected chi connectivity index (χ2v) is 7.25. The van der Waals surface area contributed by atoms with Crippen molar-refractivity contribution in [2.75, 3.05) is 5.75 Å². The number of imide groups is 1. The van der Waals surface area contributed by atoms with E-state index in [1.807, 2.05) is 6.07 Å². The Bertz CT molecular complexity index is 646. The number of nitrogens with two attached hydrogens (primary N) is 1. The zero-order valence-electron chi connectivity index (χ0n) is 13.8. The summed E-state index contributed by atoms with van der Waals surface area (Å²) in [5, 5.41) is 2.82. The van der Waals surface area contributed by atoms with E-state index in [0.29, 0.717) is 5.56 Å². The highest BCUT2D eigenvalue weighted by atomic mass is 35.5. The monoisotopic (exact) mass is 383 g/mol. The summed E-state index contributed by atoms with van der Waals surface area (Å²) in [6.45, 7) is 0.212. The average molecular weight is 384 g/mol. The van der Waals surface area contributed by atoms with E-state index >= 15 is 0 Å². The van der Waals surface area contributed by atoms with Crippen LogP contribution in [-0.4, -0.2) is 39.8 Å². The maximum atomic E-state index is 12.4. The van der Waals surface area contributed by atoms with Gasteiger partial charge in [-0.3, -0.25) is 19.3 Å². The summed E-state index contributed by atoms with van der Waals surface area (Å²) >= 11 is 1.01. The molecule has 2 aliphatic rings. The molecule has 1 aromatic rings. The number of hydrogen-bond acceptors (Lipinski definition) is 5. The van der Waals surface area contributed by atoms with E-state index in [9.17, 15) is 14.4 Å². The molecule has 6 nitrogen and oxygen atoms in total. The van der Waals surface area contributed by atoms with Crippen molar-refractivity contribution < 1.29 is 14.4 Å². The summed E-state index contributed by atoms with van der Waals surface area (Å²) in [4.78, 5) is 37.0. The number of nitrogens with one attached hydrogen (secondary N) is 1. The summed E-state index contributed by atoms with van der Waals surface area (Å²) < 4.78 is 0. The Balaban J connectivity index is 0.00000225. The number of carbonyl (C=O) groups excluding carboxylic acids is 3. The van der Waals surface area contributed by atoms with Crippen LogP contribution in [0.2, 0.25) is 0 Å². The Kier molecular flexibility index (Phi) is 6.87. The number of carbonyl (C=O) groups is 3. The van der Waals surface area contributed by atoms with Crippen molar-refractivity contribution >= 4 is 41.2 Å². The lowest BCUT2D eigenvalue weighted by atomic mass is 9.91. The van der Waals surface area contributed by atoms with Gasteiger partial charge < -0.3 is 11.1 Å². The molecule has 2 fully saturated rings. The molecular weight excluding hydrogens is 362 g/mol. The number of hydrogen-bond donors (Lipinski definition) is 2. The predicted octanol–water partition coefficient (Wildman–Crippen LogP) is 2.30. The second kappa shape index (κ2) is 8.69. The topological polar surface area (TPSA) is 92.5 Å².